The van der Waals surface area contributed by atoms with Crippen LogP contribution >= 0.6 is 0 Å². The Bertz CT molecular complexity index is 525. The van der Waals surface area contributed by atoms with Crippen LogP contribution in [0, 0.1) is 17.2 Å². The SMILES string of the molecule is N#C[C@@H](C1CCCCC1)S(=O)(=O)c1ccccc1. The monoisotopic (exact) mass is 263 g/mol. The predicted molar refractivity (Wildman–Crippen MR) is 69.6 cm³/mol. The molecule has 0 saturated heterocycles. The maximum atomic E-state index is 12.4. The molecule has 2 rings (SSSR count). The number of sulfone groups is 1. The smallest absolute Gasteiger partial charge is 0.194 e. The van der Waals surface area contributed by atoms with Crippen molar-refractivity contribution in [2.75, 3.05) is 0 Å². The van der Waals surface area contributed by atoms with Crippen LogP contribution in [0.25, 0.3) is 0 Å². The average molecular weight is 263 g/mol. The molecule has 0 amide bonds. The van der Waals surface area contributed by atoms with Crippen LogP contribution in [0.3, 0.4) is 0 Å². The molecular formula is C14H17NO2S. The number of nitriles is 1. The fourth-order valence-electron chi connectivity index (χ4n) is 2.62. The minimum atomic E-state index is -3.51. The van der Waals surface area contributed by atoms with Gasteiger partial charge in [-0.25, -0.2) is 8.42 Å². The number of rotatable bonds is 3. The lowest BCUT2D eigenvalue weighted by Crippen LogP contribution is -2.30. The standard InChI is InChI=1S/C14H17NO2S/c15-11-14(12-7-3-1-4-8-12)18(16,17)13-9-5-2-6-10-13/h2,5-6,9-10,12,14H,1,3-4,7-8H2/t14-/m0/s1. The molecule has 0 aliphatic heterocycles. The molecule has 1 fully saturated rings. The molecule has 96 valence electrons. The van der Waals surface area contributed by atoms with Crippen molar-refractivity contribution >= 4 is 9.84 Å². The first-order valence-corrected chi connectivity index (χ1v) is 7.89. The van der Waals surface area contributed by atoms with Gasteiger partial charge in [-0.15, -0.1) is 0 Å². The van der Waals surface area contributed by atoms with E-state index in [9.17, 15) is 13.7 Å². The van der Waals surface area contributed by atoms with Gasteiger partial charge in [-0.1, -0.05) is 37.5 Å². The summed E-state index contributed by atoms with van der Waals surface area (Å²) in [5.74, 6) is -0.00560. The van der Waals surface area contributed by atoms with Gasteiger partial charge in [-0.05, 0) is 30.9 Å². The van der Waals surface area contributed by atoms with E-state index < -0.39 is 15.1 Å². The van der Waals surface area contributed by atoms with Crippen molar-refractivity contribution in [2.24, 2.45) is 5.92 Å². The second-order valence-corrected chi connectivity index (χ2v) is 6.88. The quantitative estimate of drug-likeness (QED) is 0.842. The molecule has 0 unspecified atom stereocenters. The normalized spacial score (nSPS) is 19.1. The summed E-state index contributed by atoms with van der Waals surface area (Å²) in [5.41, 5.74) is 0. The summed E-state index contributed by atoms with van der Waals surface area (Å²) in [7, 11) is -3.51. The Hall–Kier alpha value is -1.34. The van der Waals surface area contributed by atoms with Crippen LogP contribution in [0.4, 0.5) is 0 Å². The van der Waals surface area contributed by atoms with Gasteiger partial charge in [-0.2, -0.15) is 5.26 Å². The second-order valence-electron chi connectivity index (χ2n) is 4.81. The van der Waals surface area contributed by atoms with E-state index in [0.717, 1.165) is 32.1 Å². The largest absolute Gasteiger partial charge is 0.222 e. The van der Waals surface area contributed by atoms with Crippen molar-refractivity contribution in [1.82, 2.24) is 0 Å². The van der Waals surface area contributed by atoms with E-state index in [0.29, 0.717) is 0 Å². The molecule has 0 N–H and O–H groups in total. The molecule has 0 heterocycles. The summed E-state index contributed by atoms with van der Waals surface area (Å²) in [4.78, 5) is 0.266. The fourth-order valence-corrected chi connectivity index (χ4v) is 4.37. The number of hydrogen-bond acceptors (Lipinski definition) is 3. The minimum Gasteiger partial charge on any atom is -0.222 e. The molecule has 0 bridgehead atoms. The third-order valence-corrected chi connectivity index (χ3v) is 5.70. The van der Waals surface area contributed by atoms with Crippen molar-refractivity contribution in [2.45, 2.75) is 42.2 Å². The lowest BCUT2D eigenvalue weighted by atomic mass is 9.87. The molecule has 1 aromatic carbocycles. The van der Waals surface area contributed by atoms with E-state index in [2.05, 4.69) is 0 Å². The summed E-state index contributed by atoms with van der Waals surface area (Å²) in [6, 6.07) is 10.3. The highest BCUT2D eigenvalue weighted by Gasteiger charge is 2.35. The molecular weight excluding hydrogens is 246 g/mol. The van der Waals surface area contributed by atoms with Gasteiger partial charge < -0.3 is 0 Å². The maximum Gasteiger partial charge on any atom is 0.194 e. The molecule has 0 spiro atoms. The molecule has 0 aromatic heterocycles. The van der Waals surface area contributed by atoms with Gasteiger partial charge in [0.1, 0.15) is 0 Å². The van der Waals surface area contributed by atoms with Crippen molar-refractivity contribution in [3.8, 4) is 6.07 Å². The van der Waals surface area contributed by atoms with Crippen molar-refractivity contribution in [3.63, 3.8) is 0 Å². The Labute approximate surface area is 108 Å². The van der Waals surface area contributed by atoms with Crippen molar-refractivity contribution in [3.05, 3.63) is 30.3 Å². The lowest BCUT2D eigenvalue weighted by molar-refractivity contribution is 0.362. The van der Waals surface area contributed by atoms with Crippen molar-refractivity contribution < 1.29 is 8.42 Å². The number of nitrogens with zero attached hydrogens (tertiary/aromatic N) is 1. The molecule has 0 radical (unpaired) electrons. The summed E-state index contributed by atoms with van der Waals surface area (Å²) in [6.07, 6.45) is 4.93. The molecule has 3 nitrogen and oxygen atoms in total. The highest BCUT2D eigenvalue weighted by Crippen LogP contribution is 2.32. The van der Waals surface area contributed by atoms with Gasteiger partial charge >= 0.3 is 0 Å². The first kappa shape index (κ1) is 13.1. The van der Waals surface area contributed by atoms with Crippen LogP contribution in [0.5, 0.6) is 0 Å². The topological polar surface area (TPSA) is 57.9 Å². The number of benzene rings is 1. The number of hydrogen-bond donors (Lipinski definition) is 0. The Morgan fingerprint density at radius 2 is 1.72 bits per heavy atom. The zero-order valence-corrected chi connectivity index (χ0v) is 11.1. The van der Waals surface area contributed by atoms with E-state index in [1.165, 1.54) is 0 Å². The van der Waals surface area contributed by atoms with Gasteiger partial charge in [0.05, 0.1) is 11.0 Å². The third kappa shape index (κ3) is 2.56. The molecule has 1 aliphatic carbocycles. The average Bonchev–Trinajstić information content (AvgIpc) is 2.41. The van der Waals surface area contributed by atoms with E-state index in [-0.39, 0.29) is 10.8 Å². The minimum absolute atomic E-state index is 0.00560. The van der Waals surface area contributed by atoms with Crippen LogP contribution < -0.4 is 0 Å². The Morgan fingerprint density at radius 1 is 1.11 bits per heavy atom. The predicted octanol–water partition coefficient (Wildman–Crippen LogP) is 2.93. The summed E-state index contributed by atoms with van der Waals surface area (Å²) in [6.45, 7) is 0. The third-order valence-electron chi connectivity index (χ3n) is 3.61. The zero-order chi connectivity index (χ0) is 13.0. The van der Waals surface area contributed by atoms with Gasteiger partial charge in [0.15, 0.2) is 15.1 Å². The Balaban J connectivity index is 2.30. The van der Waals surface area contributed by atoms with E-state index >= 15 is 0 Å². The molecule has 18 heavy (non-hydrogen) atoms. The molecule has 1 aromatic rings. The molecule has 1 saturated carbocycles. The first-order chi connectivity index (χ1) is 8.66. The molecule has 4 heteroatoms. The zero-order valence-electron chi connectivity index (χ0n) is 10.2. The maximum absolute atomic E-state index is 12.4. The van der Waals surface area contributed by atoms with Gasteiger partial charge in [0.25, 0.3) is 0 Å². The molecule has 1 aliphatic rings. The lowest BCUT2D eigenvalue weighted by Gasteiger charge is -2.25. The highest BCUT2D eigenvalue weighted by molar-refractivity contribution is 7.92. The van der Waals surface area contributed by atoms with E-state index in [1.807, 2.05) is 6.07 Å². The van der Waals surface area contributed by atoms with E-state index in [4.69, 9.17) is 0 Å². The summed E-state index contributed by atoms with van der Waals surface area (Å²) < 4.78 is 24.9. The van der Waals surface area contributed by atoms with Crippen LogP contribution in [0.15, 0.2) is 35.2 Å². The molecule has 1 atom stereocenters. The van der Waals surface area contributed by atoms with Gasteiger partial charge in [0, 0.05) is 0 Å². The fraction of sp³-hybridized carbons (Fsp3) is 0.500. The van der Waals surface area contributed by atoms with Gasteiger partial charge in [0.2, 0.25) is 0 Å². The summed E-state index contributed by atoms with van der Waals surface area (Å²) >= 11 is 0. The van der Waals surface area contributed by atoms with E-state index in [1.54, 1.807) is 30.3 Å². The van der Waals surface area contributed by atoms with Crippen molar-refractivity contribution in [1.29, 1.82) is 5.26 Å². The Morgan fingerprint density at radius 3 is 2.28 bits per heavy atom. The van der Waals surface area contributed by atoms with Crippen LogP contribution in [0.1, 0.15) is 32.1 Å². The highest BCUT2D eigenvalue weighted by atomic mass is 32.2. The second kappa shape index (κ2) is 5.53. The van der Waals surface area contributed by atoms with Crippen LogP contribution in [0.2, 0.25) is 0 Å². The van der Waals surface area contributed by atoms with Crippen LogP contribution in [-0.4, -0.2) is 13.7 Å². The first-order valence-electron chi connectivity index (χ1n) is 6.35. The summed E-state index contributed by atoms with van der Waals surface area (Å²) in [5, 5.41) is 8.36. The van der Waals surface area contributed by atoms with Crippen LogP contribution in [-0.2, 0) is 9.84 Å². The Kier molecular flexibility index (Phi) is 4.03. The van der Waals surface area contributed by atoms with Gasteiger partial charge in [-0.3, -0.25) is 0 Å².